The van der Waals surface area contributed by atoms with Crippen LogP contribution in [0.4, 0.5) is 15.8 Å². The average molecular weight is 291 g/mol. The zero-order valence-electron chi connectivity index (χ0n) is 10.7. The van der Waals surface area contributed by atoms with Gasteiger partial charge < -0.3 is 9.88 Å². The summed E-state index contributed by atoms with van der Waals surface area (Å²) < 4.78 is 13.9. The lowest BCUT2D eigenvalue weighted by atomic mass is 10.3. The Kier molecular flexibility index (Phi) is 4.07. The Hall–Kier alpha value is -3.03. The Labute approximate surface area is 117 Å². The lowest BCUT2D eigenvalue weighted by Gasteiger charge is -2.07. The molecule has 0 spiro atoms. The number of aromatic nitrogens is 1. The Morgan fingerprint density at radius 1 is 1.33 bits per heavy atom. The number of rotatable bonds is 4. The number of anilines is 1. The van der Waals surface area contributed by atoms with E-state index < -0.39 is 22.2 Å². The zero-order valence-corrected chi connectivity index (χ0v) is 10.7. The van der Waals surface area contributed by atoms with Crippen LogP contribution in [0.2, 0.25) is 0 Å². The Bertz CT molecular complexity index is 757. The molecule has 0 bridgehead atoms. The van der Waals surface area contributed by atoms with E-state index in [-0.39, 0.29) is 17.9 Å². The van der Waals surface area contributed by atoms with Gasteiger partial charge in [-0.2, -0.15) is 0 Å². The third kappa shape index (κ3) is 3.72. The van der Waals surface area contributed by atoms with Crippen molar-refractivity contribution in [2.24, 2.45) is 0 Å². The standard InChI is InChI=1S/C13H10FN3O4/c14-9-4-5-13(19)16(7-9)8-12(18)15-10-2-1-3-11(6-10)17(20)21/h1-7H,8H2,(H,15,18). The number of hydrogen-bond donors (Lipinski definition) is 1. The topological polar surface area (TPSA) is 94.2 Å². The number of benzene rings is 1. The molecule has 0 saturated carbocycles. The molecule has 2 rings (SSSR count). The third-order valence-electron chi connectivity index (χ3n) is 2.60. The van der Waals surface area contributed by atoms with Crippen LogP contribution in [0.1, 0.15) is 0 Å². The smallest absolute Gasteiger partial charge is 0.271 e. The molecule has 21 heavy (non-hydrogen) atoms. The minimum atomic E-state index is -0.641. The number of amides is 1. The molecule has 0 atom stereocenters. The van der Waals surface area contributed by atoms with Crippen LogP contribution in [0.3, 0.4) is 0 Å². The van der Waals surface area contributed by atoms with Gasteiger partial charge in [0.1, 0.15) is 12.4 Å². The average Bonchev–Trinajstić information content (AvgIpc) is 2.43. The van der Waals surface area contributed by atoms with Crippen molar-refractivity contribution < 1.29 is 14.1 Å². The predicted octanol–water partition coefficient (Wildman–Crippen LogP) is 1.53. The normalized spacial score (nSPS) is 10.1. The molecule has 1 heterocycles. The molecule has 2 aromatic rings. The van der Waals surface area contributed by atoms with Gasteiger partial charge in [-0.25, -0.2) is 4.39 Å². The summed E-state index contributed by atoms with van der Waals surface area (Å²) in [6.45, 7) is -0.390. The van der Waals surface area contributed by atoms with Gasteiger partial charge in [0.05, 0.1) is 4.92 Å². The lowest BCUT2D eigenvalue weighted by molar-refractivity contribution is -0.384. The molecular weight excluding hydrogens is 281 g/mol. The van der Waals surface area contributed by atoms with Crippen molar-refractivity contribution in [3.05, 3.63) is 68.9 Å². The number of nitrogens with one attached hydrogen (secondary N) is 1. The molecule has 7 nitrogen and oxygen atoms in total. The molecule has 108 valence electrons. The second-order valence-corrected chi connectivity index (χ2v) is 4.17. The highest BCUT2D eigenvalue weighted by Crippen LogP contribution is 2.16. The largest absolute Gasteiger partial charge is 0.324 e. The van der Waals surface area contributed by atoms with Crippen molar-refractivity contribution in [2.75, 3.05) is 5.32 Å². The van der Waals surface area contributed by atoms with Gasteiger partial charge in [-0.3, -0.25) is 19.7 Å². The van der Waals surface area contributed by atoms with E-state index in [0.29, 0.717) is 0 Å². The highest BCUT2D eigenvalue weighted by Gasteiger charge is 2.09. The van der Waals surface area contributed by atoms with Crippen LogP contribution in [0.15, 0.2) is 47.4 Å². The first kappa shape index (κ1) is 14.4. The molecule has 1 N–H and O–H groups in total. The molecule has 0 unspecified atom stereocenters. The number of non-ortho nitro benzene ring substituents is 1. The van der Waals surface area contributed by atoms with E-state index in [0.717, 1.165) is 22.9 Å². The summed E-state index contributed by atoms with van der Waals surface area (Å²) in [6, 6.07) is 7.37. The number of carbonyl (C=O) groups is 1. The van der Waals surface area contributed by atoms with Crippen molar-refractivity contribution in [3.63, 3.8) is 0 Å². The number of nitro benzene ring substituents is 1. The number of nitrogens with zero attached hydrogens (tertiary/aromatic N) is 2. The zero-order chi connectivity index (χ0) is 15.4. The summed E-state index contributed by atoms with van der Waals surface area (Å²) in [5, 5.41) is 13.0. The second-order valence-electron chi connectivity index (χ2n) is 4.17. The van der Waals surface area contributed by atoms with E-state index in [2.05, 4.69) is 5.32 Å². The second kappa shape index (κ2) is 5.95. The maximum atomic E-state index is 13.0. The first-order valence-electron chi connectivity index (χ1n) is 5.86. The van der Waals surface area contributed by atoms with E-state index in [4.69, 9.17) is 0 Å². The number of hydrogen-bond acceptors (Lipinski definition) is 4. The first-order chi connectivity index (χ1) is 9.95. The van der Waals surface area contributed by atoms with Crippen LogP contribution < -0.4 is 10.9 Å². The summed E-state index contributed by atoms with van der Waals surface area (Å²) in [5.41, 5.74) is -0.472. The Morgan fingerprint density at radius 2 is 2.10 bits per heavy atom. The highest BCUT2D eigenvalue weighted by atomic mass is 19.1. The minimum absolute atomic E-state index is 0.171. The maximum Gasteiger partial charge on any atom is 0.271 e. The first-order valence-corrected chi connectivity index (χ1v) is 5.86. The van der Waals surface area contributed by atoms with Gasteiger partial charge in [-0.05, 0) is 12.1 Å². The molecule has 0 aliphatic carbocycles. The summed E-state index contributed by atoms with van der Waals surface area (Å²) >= 11 is 0. The quantitative estimate of drug-likeness (QED) is 0.682. The molecule has 0 fully saturated rings. The molecular formula is C13H10FN3O4. The molecule has 0 saturated heterocycles. The molecule has 0 aliphatic heterocycles. The highest BCUT2D eigenvalue weighted by molar-refractivity contribution is 5.90. The monoisotopic (exact) mass is 291 g/mol. The van der Waals surface area contributed by atoms with Crippen molar-refractivity contribution >= 4 is 17.3 Å². The molecule has 1 aromatic carbocycles. The van der Waals surface area contributed by atoms with Crippen LogP contribution in [0.25, 0.3) is 0 Å². The fourth-order valence-electron chi connectivity index (χ4n) is 1.68. The van der Waals surface area contributed by atoms with E-state index in [1.807, 2.05) is 0 Å². The minimum Gasteiger partial charge on any atom is -0.324 e. The molecule has 0 radical (unpaired) electrons. The molecule has 1 aromatic heterocycles. The fourth-order valence-corrected chi connectivity index (χ4v) is 1.68. The predicted molar refractivity (Wildman–Crippen MR) is 72.4 cm³/mol. The number of pyridine rings is 1. The summed E-state index contributed by atoms with van der Waals surface area (Å²) in [6.07, 6.45) is 0.912. The van der Waals surface area contributed by atoms with Crippen molar-refractivity contribution in [1.82, 2.24) is 4.57 Å². The fraction of sp³-hybridized carbons (Fsp3) is 0.0769. The van der Waals surface area contributed by atoms with E-state index in [9.17, 15) is 24.1 Å². The van der Waals surface area contributed by atoms with Gasteiger partial charge >= 0.3 is 0 Å². The maximum absolute atomic E-state index is 13.0. The molecule has 8 heteroatoms. The molecule has 1 amide bonds. The van der Waals surface area contributed by atoms with Gasteiger partial charge in [0.15, 0.2) is 0 Å². The van der Waals surface area contributed by atoms with Crippen LogP contribution in [-0.4, -0.2) is 15.4 Å². The number of nitro groups is 1. The number of carbonyl (C=O) groups excluding carboxylic acids is 1. The summed E-state index contributed by atoms with van der Waals surface area (Å²) in [7, 11) is 0. The van der Waals surface area contributed by atoms with Crippen LogP contribution in [0.5, 0.6) is 0 Å². The summed E-state index contributed by atoms with van der Waals surface area (Å²) in [4.78, 5) is 33.2. The van der Waals surface area contributed by atoms with Gasteiger partial charge in [0.2, 0.25) is 5.91 Å². The van der Waals surface area contributed by atoms with Crippen LogP contribution in [0, 0.1) is 15.9 Å². The third-order valence-corrected chi connectivity index (χ3v) is 2.60. The van der Waals surface area contributed by atoms with Crippen LogP contribution >= 0.6 is 0 Å². The van der Waals surface area contributed by atoms with Crippen molar-refractivity contribution in [1.29, 1.82) is 0 Å². The van der Waals surface area contributed by atoms with E-state index in [1.54, 1.807) is 0 Å². The van der Waals surface area contributed by atoms with Gasteiger partial charge in [0, 0.05) is 30.1 Å². The van der Waals surface area contributed by atoms with E-state index >= 15 is 0 Å². The van der Waals surface area contributed by atoms with Gasteiger partial charge in [-0.1, -0.05) is 6.07 Å². The number of halogens is 1. The van der Waals surface area contributed by atoms with Crippen LogP contribution in [-0.2, 0) is 11.3 Å². The lowest BCUT2D eigenvalue weighted by Crippen LogP contribution is -2.27. The van der Waals surface area contributed by atoms with E-state index in [1.165, 1.54) is 24.3 Å². The Balaban J connectivity index is 2.11. The Morgan fingerprint density at radius 3 is 2.81 bits per heavy atom. The van der Waals surface area contributed by atoms with Crippen molar-refractivity contribution in [3.8, 4) is 0 Å². The summed E-state index contributed by atoms with van der Waals surface area (Å²) in [5.74, 6) is -1.24. The van der Waals surface area contributed by atoms with Gasteiger partial charge in [0.25, 0.3) is 11.2 Å². The van der Waals surface area contributed by atoms with Gasteiger partial charge in [-0.15, -0.1) is 0 Å². The molecule has 0 aliphatic rings. The van der Waals surface area contributed by atoms with Crippen molar-refractivity contribution in [2.45, 2.75) is 6.54 Å². The SMILES string of the molecule is O=C(Cn1cc(F)ccc1=O)Nc1cccc([N+](=O)[O-])c1.